The molecule has 1 aromatic carbocycles. The molecule has 5 heteroatoms. The van der Waals surface area contributed by atoms with E-state index in [-0.39, 0.29) is 5.91 Å². The zero-order valence-electron chi connectivity index (χ0n) is 11.9. The molecule has 0 radical (unpaired) electrons. The van der Waals surface area contributed by atoms with Gasteiger partial charge in [0, 0.05) is 16.6 Å². The van der Waals surface area contributed by atoms with Crippen molar-refractivity contribution in [1.29, 1.82) is 0 Å². The van der Waals surface area contributed by atoms with Crippen molar-refractivity contribution >= 4 is 39.0 Å². The first kappa shape index (κ1) is 15.5. The van der Waals surface area contributed by atoms with Crippen LogP contribution in [0.5, 0.6) is 0 Å². The summed E-state index contributed by atoms with van der Waals surface area (Å²) in [4.78, 5) is 15.9. The van der Waals surface area contributed by atoms with E-state index in [1.807, 2.05) is 36.4 Å². The van der Waals surface area contributed by atoms with Crippen molar-refractivity contribution in [3.8, 4) is 0 Å². The van der Waals surface area contributed by atoms with Crippen molar-refractivity contribution in [3.63, 3.8) is 0 Å². The molecule has 0 atom stereocenters. The van der Waals surface area contributed by atoms with Gasteiger partial charge >= 0.3 is 0 Å². The molecule has 0 aliphatic rings. The predicted molar refractivity (Wildman–Crippen MR) is 89.8 cm³/mol. The number of hydrogen-bond donors (Lipinski definition) is 2. The van der Waals surface area contributed by atoms with Crippen LogP contribution in [0, 0.1) is 0 Å². The van der Waals surface area contributed by atoms with Gasteiger partial charge in [-0.15, -0.1) is 0 Å². The van der Waals surface area contributed by atoms with Gasteiger partial charge in [-0.05, 0) is 42.8 Å². The van der Waals surface area contributed by atoms with Gasteiger partial charge in [0.25, 0.3) is 0 Å². The van der Waals surface area contributed by atoms with Crippen molar-refractivity contribution in [1.82, 2.24) is 4.98 Å². The third-order valence-corrected chi connectivity index (χ3v) is 3.45. The zero-order valence-corrected chi connectivity index (χ0v) is 13.5. The minimum absolute atomic E-state index is 0.0345. The molecule has 1 amide bonds. The maximum absolute atomic E-state index is 11.6. The molecular weight excluding hydrogens is 330 g/mol. The summed E-state index contributed by atoms with van der Waals surface area (Å²) in [5.41, 5.74) is 1.68. The topological polar surface area (TPSA) is 54.0 Å². The maximum Gasteiger partial charge on any atom is 0.224 e. The number of carbonyl (C=O) groups is 1. The summed E-state index contributed by atoms with van der Waals surface area (Å²) in [6.45, 7) is 2.07. The van der Waals surface area contributed by atoms with Gasteiger partial charge in [0.2, 0.25) is 5.91 Å². The van der Waals surface area contributed by atoms with Crippen molar-refractivity contribution in [2.45, 2.75) is 26.2 Å². The van der Waals surface area contributed by atoms with E-state index in [0.29, 0.717) is 6.42 Å². The Bertz CT molecular complexity index is 581. The van der Waals surface area contributed by atoms with Gasteiger partial charge in [-0.2, -0.15) is 0 Å². The minimum atomic E-state index is 0.0345. The highest BCUT2D eigenvalue weighted by Crippen LogP contribution is 2.19. The highest BCUT2D eigenvalue weighted by atomic mass is 79.9. The molecule has 0 aliphatic carbocycles. The summed E-state index contributed by atoms with van der Waals surface area (Å²) in [7, 11) is 0. The van der Waals surface area contributed by atoms with Crippen molar-refractivity contribution in [2.24, 2.45) is 0 Å². The quantitative estimate of drug-likeness (QED) is 0.794. The van der Waals surface area contributed by atoms with Crippen LogP contribution in [0.25, 0.3) is 0 Å². The van der Waals surface area contributed by atoms with Crippen LogP contribution in [0.4, 0.5) is 17.2 Å². The molecule has 0 aliphatic heterocycles. The fraction of sp³-hybridized carbons (Fsp3) is 0.250. The van der Waals surface area contributed by atoms with Gasteiger partial charge in [0.1, 0.15) is 5.82 Å². The SMILES string of the molecule is CCCCC(=O)Nc1ccc(Nc2ccc(Br)cc2)nc1. The average Bonchev–Trinajstić information content (AvgIpc) is 2.49. The van der Waals surface area contributed by atoms with E-state index in [9.17, 15) is 4.79 Å². The van der Waals surface area contributed by atoms with Crippen LogP contribution in [-0.4, -0.2) is 10.9 Å². The van der Waals surface area contributed by atoms with E-state index in [1.165, 1.54) is 0 Å². The number of rotatable bonds is 6. The van der Waals surface area contributed by atoms with Crippen LogP contribution in [0.3, 0.4) is 0 Å². The summed E-state index contributed by atoms with van der Waals surface area (Å²) >= 11 is 3.40. The third-order valence-electron chi connectivity index (χ3n) is 2.92. The number of halogens is 1. The Hall–Kier alpha value is -1.88. The van der Waals surface area contributed by atoms with Gasteiger partial charge in [0.15, 0.2) is 0 Å². The molecule has 0 spiro atoms. The number of benzene rings is 1. The molecule has 2 aromatic rings. The summed E-state index contributed by atoms with van der Waals surface area (Å²) in [6.07, 6.45) is 4.13. The molecule has 0 saturated heterocycles. The second kappa shape index (κ2) is 7.78. The number of pyridine rings is 1. The van der Waals surface area contributed by atoms with E-state index in [0.717, 1.165) is 34.5 Å². The molecule has 2 N–H and O–H groups in total. The number of unbranched alkanes of at least 4 members (excludes halogenated alkanes) is 1. The Morgan fingerprint density at radius 1 is 1.14 bits per heavy atom. The standard InChI is InChI=1S/C16H18BrN3O/c1-2-3-4-16(21)20-14-9-10-15(18-11-14)19-13-7-5-12(17)6-8-13/h5-11H,2-4H2,1H3,(H,18,19)(H,20,21). The summed E-state index contributed by atoms with van der Waals surface area (Å²) < 4.78 is 1.03. The van der Waals surface area contributed by atoms with Crippen LogP contribution >= 0.6 is 15.9 Å². The predicted octanol–water partition coefficient (Wildman–Crippen LogP) is 4.72. The molecule has 0 unspecified atom stereocenters. The molecule has 0 fully saturated rings. The summed E-state index contributed by atoms with van der Waals surface area (Å²) in [5, 5.41) is 6.04. The van der Waals surface area contributed by atoms with E-state index in [2.05, 4.69) is 38.5 Å². The number of nitrogens with zero attached hydrogens (tertiary/aromatic N) is 1. The van der Waals surface area contributed by atoms with Gasteiger partial charge in [-0.25, -0.2) is 4.98 Å². The molecule has 1 heterocycles. The van der Waals surface area contributed by atoms with E-state index in [4.69, 9.17) is 0 Å². The number of anilines is 3. The lowest BCUT2D eigenvalue weighted by molar-refractivity contribution is -0.116. The Labute approximate surface area is 133 Å². The second-order valence-electron chi connectivity index (χ2n) is 4.72. The minimum Gasteiger partial charge on any atom is -0.340 e. The van der Waals surface area contributed by atoms with E-state index in [1.54, 1.807) is 6.20 Å². The lowest BCUT2D eigenvalue weighted by atomic mass is 10.2. The average molecular weight is 348 g/mol. The summed E-state index contributed by atoms with van der Waals surface area (Å²) in [6, 6.07) is 11.5. The number of amides is 1. The van der Waals surface area contributed by atoms with Gasteiger partial charge in [-0.1, -0.05) is 29.3 Å². The Morgan fingerprint density at radius 2 is 1.86 bits per heavy atom. The molecule has 2 rings (SSSR count). The zero-order chi connectivity index (χ0) is 15.1. The monoisotopic (exact) mass is 347 g/mol. The highest BCUT2D eigenvalue weighted by molar-refractivity contribution is 9.10. The smallest absolute Gasteiger partial charge is 0.224 e. The Morgan fingerprint density at radius 3 is 2.48 bits per heavy atom. The molecule has 1 aromatic heterocycles. The Kier molecular flexibility index (Phi) is 5.75. The van der Waals surface area contributed by atoms with Crippen LogP contribution in [0.2, 0.25) is 0 Å². The third kappa shape index (κ3) is 5.19. The Balaban J connectivity index is 1.92. The molecular formula is C16H18BrN3O. The fourth-order valence-corrected chi connectivity index (χ4v) is 2.05. The first-order chi connectivity index (χ1) is 10.2. The fourth-order valence-electron chi connectivity index (χ4n) is 1.78. The summed E-state index contributed by atoms with van der Waals surface area (Å²) in [5.74, 6) is 0.774. The van der Waals surface area contributed by atoms with Crippen molar-refractivity contribution in [2.75, 3.05) is 10.6 Å². The second-order valence-corrected chi connectivity index (χ2v) is 5.63. The van der Waals surface area contributed by atoms with Crippen LogP contribution in [0.15, 0.2) is 47.1 Å². The van der Waals surface area contributed by atoms with Crippen molar-refractivity contribution in [3.05, 3.63) is 47.1 Å². The first-order valence-corrected chi connectivity index (χ1v) is 7.75. The largest absolute Gasteiger partial charge is 0.340 e. The lowest BCUT2D eigenvalue weighted by Gasteiger charge is -2.08. The lowest BCUT2D eigenvalue weighted by Crippen LogP contribution is -2.11. The van der Waals surface area contributed by atoms with E-state index < -0.39 is 0 Å². The van der Waals surface area contributed by atoms with Crippen molar-refractivity contribution < 1.29 is 4.79 Å². The number of nitrogens with one attached hydrogen (secondary N) is 2. The first-order valence-electron chi connectivity index (χ1n) is 6.96. The van der Waals surface area contributed by atoms with Gasteiger partial charge in [-0.3, -0.25) is 4.79 Å². The van der Waals surface area contributed by atoms with Crippen LogP contribution in [0.1, 0.15) is 26.2 Å². The highest BCUT2D eigenvalue weighted by Gasteiger charge is 2.02. The van der Waals surface area contributed by atoms with E-state index >= 15 is 0 Å². The molecule has 0 saturated carbocycles. The normalized spacial score (nSPS) is 10.2. The number of aromatic nitrogens is 1. The molecule has 4 nitrogen and oxygen atoms in total. The van der Waals surface area contributed by atoms with Crippen LogP contribution in [-0.2, 0) is 4.79 Å². The van der Waals surface area contributed by atoms with Crippen LogP contribution < -0.4 is 10.6 Å². The molecule has 0 bridgehead atoms. The molecule has 21 heavy (non-hydrogen) atoms. The molecule has 110 valence electrons. The van der Waals surface area contributed by atoms with Gasteiger partial charge < -0.3 is 10.6 Å². The number of carbonyl (C=O) groups excluding carboxylic acids is 1. The maximum atomic E-state index is 11.6. The number of hydrogen-bond acceptors (Lipinski definition) is 3. The van der Waals surface area contributed by atoms with Gasteiger partial charge in [0.05, 0.1) is 11.9 Å².